The smallest absolute Gasteiger partial charge is 0.339 e. The van der Waals surface area contributed by atoms with Gasteiger partial charge < -0.3 is 15.8 Å². The van der Waals surface area contributed by atoms with Crippen molar-refractivity contribution >= 4 is 17.6 Å². The fraction of sp³-hybridized carbons (Fsp3) is 0.467. The number of amides is 1. The minimum atomic E-state index is -0.950. The van der Waals surface area contributed by atoms with Crippen LogP contribution in [0.5, 0.6) is 0 Å². The second-order valence-corrected chi connectivity index (χ2v) is 5.29. The van der Waals surface area contributed by atoms with Crippen molar-refractivity contribution in [3.05, 3.63) is 29.6 Å². The number of anilines is 1. The molecule has 0 saturated carbocycles. The van der Waals surface area contributed by atoms with Crippen LogP contribution >= 0.6 is 0 Å². The maximum Gasteiger partial charge on any atom is 0.339 e. The third-order valence-corrected chi connectivity index (χ3v) is 2.83. The Morgan fingerprint density at radius 2 is 1.95 bits per heavy atom. The highest BCUT2D eigenvalue weighted by Gasteiger charge is 2.19. The number of carbonyl (C=O) groups excluding carboxylic acids is 2. The first-order valence-electron chi connectivity index (χ1n) is 6.84. The average Bonchev–Trinajstić information content (AvgIpc) is 2.36. The fourth-order valence-corrected chi connectivity index (χ4v) is 1.64. The van der Waals surface area contributed by atoms with Gasteiger partial charge in [-0.1, -0.05) is 13.8 Å². The fourth-order valence-electron chi connectivity index (χ4n) is 1.64. The molecule has 21 heavy (non-hydrogen) atoms. The van der Waals surface area contributed by atoms with Gasteiger partial charge in [-0.25, -0.2) is 9.18 Å². The van der Waals surface area contributed by atoms with Crippen molar-refractivity contribution < 1.29 is 18.7 Å². The molecule has 0 spiro atoms. The summed E-state index contributed by atoms with van der Waals surface area (Å²) < 4.78 is 18.2. The topological polar surface area (TPSA) is 81.4 Å². The second kappa shape index (κ2) is 7.61. The van der Waals surface area contributed by atoms with Crippen molar-refractivity contribution in [3.8, 4) is 0 Å². The number of halogens is 1. The van der Waals surface area contributed by atoms with E-state index in [1.54, 1.807) is 0 Å². The summed E-state index contributed by atoms with van der Waals surface area (Å²) in [7, 11) is 0. The number of carbonyl (C=O) groups is 2. The zero-order chi connectivity index (χ0) is 16.0. The summed E-state index contributed by atoms with van der Waals surface area (Å²) in [5.41, 5.74) is 5.56. The van der Waals surface area contributed by atoms with Gasteiger partial charge in [0.05, 0.1) is 5.56 Å². The van der Waals surface area contributed by atoms with Crippen LogP contribution in [0.1, 0.15) is 37.6 Å². The highest BCUT2D eigenvalue weighted by molar-refractivity contribution is 5.93. The molecule has 0 radical (unpaired) electrons. The Bertz CT molecular complexity index is 497. The van der Waals surface area contributed by atoms with Crippen molar-refractivity contribution in [2.45, 2.75) is 33.3 Å². The van der Waals surface area contributed by atoms with Crippen molar-refractivity contribution in [2.75, 3.05) is 12.3 Å². The Kier molecular flexibility index (Phi) is 6.14. The maximum absolute atomic E-state index is 13.2. The molecule has 0 saturated heterocycles. The molecular formula is C15H21FN2O3. The monoisotopic (exact) mass is 296 g/mol. The quantitative estimate of drug-likeness (QED) is 0.622. The van der Waals surface area contributed by atoms with Gasteiger partial charge >= 0.3 is 5.97 Å². The average molecular weight is 296 g/mol. The summed E-state index contributed by atoms with van der Waals surface area (Å²) in [6, 6.07) is 3.41. The number of ether oxygens (including phenoxy) is 1. The number of hydrogen-bond acceptors (Lipinski definition) is 4. The van der Waals surface area contributed by atoms with Gasteiger partial charge in [0.1, 0.15) is 5.82 Å². The largest absolute Gasteiger partial charge is 0.449 e. The van der Waals surface area contributed by atoms with Gasteiger partial charge in [-0.15, -0.1) is 0 Å². The van der Waals surface area contributed by atoms with E-state index in [0.717, 1.165) is 18.6 Å². The van der Waals surface area contributed by atoms with E-state index in [1.807, 2.05) is 13.8 Å². The standard InChI is InChI=1S/C15H21FN2O3/c1-9(2)4-5-18-14(19)10(3)21-15(20)11-6-12(16)8-13(17)7-11/h6-10H,4-5,17H2,1-3H3,(H,18,19). The normalized spacial score (nSPS) is 12.0. The minimum Gasteiger partial charge on any atom is -0.449 e. The molecule has 0 heterocycles. The molecule has 1 unspecified atom stereocenters. The Labute approximate surface area is 123 Å². The van der Waals surface area contributed by atoms with E-state index < -0.39 is 17.9 Å². The molecule has 1 aromatic carbocycles. The lowest BCUT2D eigenvalue weighted by Crippen LogP contribution is -2.36. The second-order valence-electron chi connectivity index (χ2n) is 5.29. The number of hydrogen-bond donors (Lipinski definition) is 2. The van der Waals surface area contributed by atoms with Crippen LogP contribution in [-0.4, -0.2) is 24.5 Å². The first-order valence-corrected chi connectivity index (χ1v) is 6.84. The van der Waals surface area contributed by atoms with Crippen LogP contribution in [-0.2, 0) is 9.53 Å². The Morgan fingerprint density at radius 3 is 2.52 bits per heavy atom. The Morgan fingerprint density at radius 1 is 1.29 bits per heavy atom. The molecule has 1 amide bonds. The van der Waals surface area contributed by atoms with E-state index in [9.17, 15) is 14.0 Å². The van der Waals surface area contributed by atoms with Crippen LogP contribution in [0, 0.1) is 11.7 Å². The third kappa shape index (κ3) is 5.81. The molecule has 116 valence electrons. The molecule has 1 atom stereocenters. The van der Waals surface area contributed by atoms with Crippen molar-refractivity contribution in [3.63, 3.8) is 0 Å². The van der Waals surface area contributed by atoms with Gasteiger partial charge in [0.2, 0.25) is 0 Å². The lowest BCUT2D eigenvalue weighted by Gasteiger charge is -2.14. The highest BCUT2D eigenvalue weighted by atomic mass is 19.1. The number of nitrogen functional groups attached to an aromatic ring is 1. The van der Waals surface area contributed by atoms with Gasteiger partial charge in [0.25, 0.3) is 5.91 Å². The molecule has 0 aliphatic carbocycles. The number of nitrogens with one attached hydrogen (secondary N) is 1. The van der Waals surface area contributed by atoms with E-state index in [0.29, 0.717) is 12.5 Å². The SMILES string of the molecule is CC(C)CCNC(=O)C(C)OC(=O)c1cc(N)cc(F)c1. The number of esters is 1. The van der Waals surface area contributed by atoms with Crippen molar-refractivity contribution in [1.82, 2.24) is 5.32 Å². The number of benzene rings is 1. The van der Waals surface area contributed by atoms with Gasteiger partial charge in [0, 0.05) is 12.2 Å². The molecular weight excluding hydrogens is 275 g/mol. The van der Waals surface area contributed by atoms with Crippen LogP contribution in [0.25, 0.3) is 0 Å². The Hall–Kier alpha value is -2.11. The number of nitrogens with two attached hydrogens (primary N) is 1. The zero-order valence-electron chi connectivity index (χ0n) is 12.5. The van der Waals surface area contributed by atoms with E-state index in [4.69, 9.17) is 10.5 Å². The molecule has 1 rings (SSSR count). The lowest BCUT2D eigenvalue weighted by atomic mass is 10.1. The predicted octanol–water partition coefficient (Wildman–Crippen LogP) is 2.12. The van der Waals surface area contributed by atoms with Crippen LogP contribution in [0.3, 0.4) is 0 Å². The summed E-state index contributed by atoms with van der Waals surface area (Å²) in [6.45, 7) is 6.07. The highest BCUT2D eigenvalue weighted by Crippen LogP contribution is 2.12. The minimum absolute atomic E-state index is 0.0191. The number of rotatable bonds is 6. The van der Waals surface area contributed by atoms with E-state index in [2.05, 4.69) is 5.32 Å². The van der Waals surface area contributed by atoms with Crippen LogP contribution in [0.15, 0.2) is 18.2 Å². The van der Waals surface area contributed by atoms with Gasteiger partial charge in [0.15, 0.2) is 6.10 Å². The van der Waals surface area contributed by atoms with E-state index in [1.165, 1.54) is 13.0 Å². The van der Waals surface area contributed by atoms with Gasteiger partial charge in [-0.05, 0) is 37.5 Å². The predicted molar refractivity (Wildman–Crippen MR) is 78.2 cm³/mol. The maximum atomic E-state index is 13.2. The molecule has 6 heteroatoms. The molecule has 0 aliphatic heterocycles. The first-order chi connectivity index (χ1) is 9.79. The van der Waals surface area contributed by atoms with Crippen LogP contribution < -0.4 is 11.1 Å². The zero-order valence-corrected chi connectivity index (χ0v) is 12.5. The van der Waals surface area contributed by atoms with Gasteiger partial charge in [-0.2, -0.15) is 0 Å². The van der Waals surface area contributed by atoms with Crippen molar-refractivity contribution in [1.29, 1.82) is 0 Å². The summed E-state index contributed by atoms with van der Waals surface area (Å²) in [6.07, 6.45) is -0.110. The molecule has 0 fully saturated rings. The summed E-state index contributed by atoms with van der Waals surface area (Å²) in [4.78, 5) is 23.6. The van der Waals surface area contributed by atoms with E-state index >= 15 is 0 Å². The van der Waals surface area contributed by atoms with Gasteiger partial charge in [-0.3, -0.25) is 4.79 Å². The first kappa shape index (κ1) is 16.9. The molecule has 5 nitrogen and oxygen atoms in total. The third-order valence-electron chi connectivity index (χ3n) is 2.83. The van der Waals surface area contributed by atoms with Crippen molar-refractivity contribution in [2.24, 2.45) is 5.92 Å². The summed E-state index contributed by atoms with van der Waals surface area (Å²) in [5, 5.41) is 2.68. The van der Waals surface area contributed by atoms with Crippen LogP contribution in [0.4, 0.5) is 10.1 Å². The summed E-state index contributed by atoms with van der Waals surface area (Å²) in [5.74, 6) is -1.32. The molecule has 0 bridgehead atoms. The molecule has 1 aromatic rings. The summed E-state index contributed by atoms with van der Waals surface area (Å²) >= 11 is 0. The molecule has 0 aliphatic rings. The lowest BCUT2D eigenvalue weighted by molar-refractivity contribution is -0.129. The molecule has 3 N–H and O–H groups in total. The molecule has 0 aromatic heterocycles. The Balaban J connectivity index is 2.55. The van der Waals surface area contributed by atoms with E-state index in [-0.39, 0.29) is 17.2 Å². The van der Waals surface area contributed by atoms with Crippen LogP contribution in [0.2, 0.25) is 0 Å².